The Morgan fingerprint density at radius 3 is 2.11 bits per heavy atom. The van der Waals surface area contributed by atoms with Crippen molar-refractivity contribution < 1.29 is 23.7 Å². The molecule has 0 N–H and O–H groups in total. The van der Waals surface area contributed by atoms with Crippen LogP contribution < -0.4 is 9.47 Å². The Bertz CT molecular complexity index is 415. The van der Waals surface area contributed by atoms with Gasteiger partial charge in [0.05, 0.1) is 5.56 Å². The quantitative estimate of drug-likeness (QED) is 0.536. The smallest absolute Gasteiger partial charge is 0.188 e. The molecular formula is C14H20O5. The summed E-state index contributed by atoms with van der Waals surface area (Å²) in [6.07, 6.45) is 0.761. The summed E-state index contributed by atoms with van der Waals surface area (Å²) >= 11 is 0. The fourth-order valence-corrected chi connectivity index (χ4v) is 1.63. The molecule has 1 rings (SSSR count). The van der Waals surface area contributed by atoms with E-state index in [0.29, 0.717) is 17.1 Å². The number of rotatable bonds is 8. The van der Waals surface area contributed by atoms with E-state index in [-0.39, 0.29) is 19.5 Å². The van der Waals surface area contributed by atoms with Gasteiger partial charge in [-0.05, 0) is 17.5 Å². The second-order valence-electron chi connectivity index (χ2n) is 4.30. The molecule has 0 saturated carbocycles. The van der Waals surface area contributed by atoms with Gasteiger partial charge >= 0.3 is 0 Å². The molecule has 0 aliphatic carbocycles. The first-order valence-electron chi connectivity index (χ1n) is 6.00. The first kappa shape index (κ1) is 15.5. The molecule has 0 spiro atoms. The number of carbonyl (C=O) groups is 1. The second-order valence-corrected chi connectivity index (χ2v) is 4.30. The lowest BCUT2D eigenvalue weighted by Gasteiger charge is -2.17. The molecule has 0 heterocycles. The molecule has 0 aliphatic rings. The fraction of sp³-hybridized carbons (Fsp3) is 0.500. The Balaban J connectivity index is 3.13. The molecule has 106 valence electrons. The third kappa shape index (κ3) is 4.22. The zero-order valence-corrected chi connectivity index (χ0v) is 11.8. The van der Waals surface area contributed by atoms with E-state index in [0.717, 1.165) is 11.8 Å². The first-order chi connectivity index (χ1) is 9.13. The van der Waals surface area contributed by atoms with E-state index in [2.05, 4.69) is 0 Å². The number of aldehydes is 1. The summed E-state index contributed by atoms with van der Waals surface area (Å²) in [6.45, 7) is 4.27. The number of hydrogen-bond donors (Lipinski definition) is 0. The van der Waals surface area contributed by atoms with E-state index in [4.69, 9.17) is 18.9 Å². The maximum atomic E-state index is 11.1. The average Bonchev–Trinajstić information content (AvgIpc) is 2.42. The zero-order valence-electron chi connectivity index (χ0n) is 11.8. The Labute approximate surface area is 113 Å². The lowest BCUT2D eigenvalue weighted by Crippen LogP contribution is -2.06. The van der Waals surface area contributed by atoms with Crippen molar-refractivity contribution >= 4 is 6.29 Å². The number of benzene rings is 1. The maximum Gasteiger partial charge on any atom is 0.188 e. The van der Waals surface area contributed by atoms with Crippen molar-refractivity contribution in [2.45, 2.75) is 19.8 Å². The van der Waals surface area contributed by atoms with E-state index in [1.54, 1.807) is 19.2 Å². The van der Waals surface area contributed by atoms with Crippen LogP contribution in [-0.4, -0.2) is 34.1 Å². The molecule has 0 aromatic heterocycles. The van der Waals surface area contributed by atoms with Crippen LogP contribution in [0.5, 0.6) is 11.5 Å². The fourth-order valence-electron chi connectivity index (χ4n) is 1.63. The van der Waals surface area contributed by atoms with Crippen molar-refractivity contribution in [3.63, 3.8) is 0 Å². The summed E-state index contributed by atoms with van der Waals surface area (Å²) in [7, 11) is 3.07. The summed E-state index contributed by atoms with van der Waals surface area (Å²) < 4.78 is 20.6. The van der Waals surface area contributed by atoms with Crippen LogP contribution in [0.1, 0.15) is 35.7 Å². The first-order valence-corrected chi connectivity index (χ1v) is 6.00. The molecule has 1 aromatic carbocycles. The summed E-state index contributed by atoms with van der Waals surface area (Å²) in [5.41, 5.74) is 1.41. The van der Waals surface area contributed by atoms with E-state index in [1.165, 1.54) is 7.11 Å². The van der Waals surface area contributed by atoms with Gasteiger partial charge in [-0.25, -0.2) is 0 Å². The van der Waals surface area contributed by atoms with Gasteiger partial charge in [-0.1, -0.05) is 13.8 Å². The van der Waals surface area contributed by atoms with Crippen molar-refractivity contribution in [2.24, 2.45) is 0 Å². The van der Waals surface area contributed by atoms with E-state index in [9.17, 15) is 4.79 Å². The van der Waals surface area contributed by atoms with Crippen molar-refractivity contribution in [3.05, 3.63) is 23.3 Å². The molecule has 0 bridgehead atoms. The molecule has 0 amide bonds. The number of carbonyl (C=O) groups excluding carboxylic acids is 1. The van der Waals surface area contributed by atoms with Crippen LogP contribution in [0.2, 0.25) is 0 Å². The van der Waals surface area contributed by atoms with Crippen LogP contribution in [0, 0.1) is 0 Å². The van der Waals surface area contributed by atoms with Crippen LogP contribution in [0.15, 0.2) is 12.1 Å². The van der Waals surface area contributed by atoms with Crippen LogP contribution in [-0.2, 0) is 9.47 Å². The molecule has 19 heavy (non-hydrogen) atoms. The molecule has 0 unspecified atom stereocenters. The van der Waals surface area contributed by atoms with Gasteiger partial charge in [0.2, 0.25) is 0 Å². The lowest BCUT2D eigenvalue weighted by atomic mass is 9.99. The number of methoxy groups -OCH3 is 2. The molecule has 0 fully saturated rings. The van der Waals surface area contributed by atoms with Gasteiger partial charge in [0.25, 0.3) is 0 Å². The molecule has 1 aromatic rings. The summed E-state index contributed by atoms with van der Waals surface area (Å²) in [6, 6.07) is 3.46. The Morgan fingerprint density at radius 1 is 1.05 bits per heavy atom. The van der Waals surface area contributed by atoms with Crippen LogP contribution in [0.3, 0.4) is 0 Å². The topological polar surface area (TPSA) is 54.0 Å². The van der Waals surface area contributed by atoms with E-state index >= 15 is 0 Å². The van der Waals surface area contributed by atoms with Gasteiger partial charge in [-0.2, -0.15) is 0 Å². The van der Waals surface area contributed by atoms with Gasteiger partial charge in [0.1, 0.15) is 11.5 Å². The average molecular weight is 268 g/mol. The highest BCUT2D eigenvalue weighted by Gasteiger charge is 2.14. The van der Waals surface area contributed by atoms with Crippen molar-refractivity contribution in [1.82, 2.24) is 0 Å². The molecule has 5 nitrogen and oxygen atoms in total. The van der Waals surface area contributed by atoms with Gasteiger partial charge in [0, 0.05) is 20.3 Å². The predicted octanol–water partition coefficient (Wildman–Crippen LogP) is 2.59. The van der Waals surface area contributed by atoms with Crippen molar-refractivity contribution in [1.29, 1.82) is 0 Å². The number of hydrogen-bond acceptors (Lipinski definition) is 5. The van der Waals surface area contributed by atoms with E-state index < -0.39 is 0 Å². The molecule has 0 aliphatic heterocycles. The van der Waals surface area contributed by atoms with Gasteiger partial charge in [-0.3, -0.25) is 4.79 Å². The standard InChI is InChI=1S/C14H20O5/c1-10(2)12-5-11(7-15)13(18-8-16-3)6-14(12)19-9-17-4/h5-7,10H,8-9H2,1-4H3. The Kier molecular flexibility index (Phi) is 6.32. The highest BCUT2D eigenvalue weighted by molar-refractivity contribution is 5.80. The molecule has 0 saturated heterocycles. The Hall–Kier alpha value is -1.59. The third-order valence-corrected chi connectivity index (χ3v) is 2.56. The summed E-state index contributed by atoms with van der Waals surface area (Å²) in [5, 5.41) is 0. The SMILES string of the molecule is COCOc1cc(OCOC)c(C(C)C)cc1C=O. The predicted molar refractivity (Wildman–Crippen MR) is 70.9 cm³/mol. The third-order valence-electron chi connectivity index (χ3n) is 2.56. The zero-order chi connectivity index (χ0) is 14.3. The lowest BCUT2D eigenvalue weighted by molar-refractivity contribution is 0.0452. The van der Waals surface area contributed by atoms with Crippen molar-refractivity contribution in [3.8, 4) is 11.5 Å². The van der Waals surface area contributed by atoms with Crippen molar-refractivity contribution in [2.75, 3.05) is 27.8 Å². The normalized spacial score (nSPS) is 10.6. The van der Waals surface area contributed by atoms with Crippen LogP contribution >= 0.6 is 0 Å². The minimum absolute atomic E-state index is 0.0750. The molecule has 5 heteroatoms. The Morgan fingerprint density at radius 2 is 1.63 bits per heavy atom. The highest BCUT2D eigenvalue weighted by Crippen LogP contribution is 2.33. The maximum absolute atomic E-state index is 11.1. The monoisotopic (exact) mass is 268 g/mol. The van der Waals surface area contributed by atoms with Gasteiger partial charge < -0.3 is 18.9 Å². The van der Waals surface area contributed by atoms with Crippen LogP contribution in [0.4, 0.5) is 0 Å². The van der Waals surface area contributed by atoms with Crippen LogP contribution in [0.25, 0.3) is 0 Å². The van der Waals surface area contributed by atoms with E-state index in [1.807, 2.05) is 13.8 Å². The minimum Gasteiger partial charge on any atom is -0.467 e. The second kappa shape index (κ2) is 7.76. The minimum atomic E-state index is 0.0750. The largest absolute Gasteiger partial charge is 0.467 e. The van der Waals surface area contributed by atoms with Gasteiger partial charge in [-0.15, -0.1) is 0 Å². The molecular weight excluding hydrogens is 248 g/mol. The molecule has 0 atom stereocenters. The van der Waals surface area contributed by atoms with Gasteiger partial charge in [0.15, 0.2) is 19.9 Å². The number of ether oxygens (including phenoxy) is 4. The summed E-state index contributed by atoms with van der Waals surface area (Å²) in [4.78, 5) is 11.1. The summed E-state index contributed by atoms with van der Waals surface area (Å²) in [5.74, 6) is 1.31. The highest BCUT2D eigenvalue weighted by atomic mass is 16.7. The molecule has 0 radical (unpaired) electrons.